The molecule has 2 aliphatic carbocycles. The Labute approximate surface area is 160 Å². The van der Waals surface area contributed by atoms with Gasteiger partial charge in [-0.1, -0.05) is 34.1 Å². The van der Waals surface area contributed by atoms with E-state index in [1.165, 1.54) is 0 Å². The number of carbonyl (C=O) groups excluding carboxylic acids is 1. The zero-order valence-electron chi connectivity index (χ0n) is 14.3. The van der Waals surface area contributed by atoms with Crippen LogP contribution in [0.4, 0.5) is 0 Å². The van der Waals surface area contributed by atoms with Gasteiger partial charge in [0.05, 0.1) is 23.9 Å². The summed E-state index contributed by atoms with van der Waals surface area (Å²) < 4.78 is 6.09. The van der Waals surface area contributed by atoms with Gasteiger partial charge in [-0.05, 0) is 49.0 Å². The van der Waals surface area contributed by atoms with Crippen LogP contribution in [0.5, 0.6) is 0 Å². The van der Waals surface area contributed by atoms with Crippen LogP contribution in [0.1, 0.15) is 31.2 Å². The van der Waals surface area contributed by atoms with Crippen molar-refractivity contribution < 1.29 is 9.53 Å². The maximum Gasteiger partial charge on any atom is 0.333 e. The molecule has 0 saturated heterocycles. The Kier molecular flexibility index (Phi) is 4.89. The van der Waals surface area contributed by atoms with Crippen LogP contribution in [-0.4, -0.2) is 12.6 Å². The van der Waals surface area contributed by atoms with Gasteiger partial charge in [0.2, 0.25) is 5.41 Å². The SMILES string of the molecule is CCOC(=O)C1(C#N)C(N)=C(C#N)C(C2CC2)=CC1c1ccc(Br)cc1. The van der Waals surface area contributed by atoms with E-state index in [1.807, 2.05) is 30.3 Å². The maximum atomic E-state index is 12.9. The highest BCUT2D eigenvalue weighted by Crippen LogP contribution is 2.52. The van der Waals surface area contributed by atoms with Crippen molar-refractivity contribution in [2.24, 2.45) is 17.1 Å². The van der Waals surface area contributed by atoms with Gasteiger partial charge in [-0.2, -0.15) is 10.5 Å². The van der Waals surface area contributed by atoms with Gasteiger partial charge < -0.3 is 10.5 Å². The maximum absolute atomic E-state index is 12.9. The third-order valence-corrected chi connectivity index (χ3v) is 5.46. The zero-order valence-corrected chi connectivity index (χ0v) is 15.9. The van der Waals surface area contributed by atoms with E-state index in [-0.39, 0.29) is 23.8 Å². The van der Waals surface area contributed by atoms with Gasteiger partial charge in [0, 0.05) is 10.4 Å². The Morgan fingerprint density at radius 1 is 1.35 bits per heavy atom. The Hall–Kier alpha value is -2.57. The topological polar surface area (TPSA) is 99.9 Å². The van der Waals surface area contributed by atoms with E-state index in [0.717, 1.165) is 28.5 Å². The van der Waals surface area contributed by atoms with Crippen LogP contribution in [0.3, 0.4) is 0 Å². The number of benzene rings is 1. The van der Waals surface area contributed by atoms with Gasteiger partial charge in [0.15, 0.2) is 0 Å². The molecule has 2 N–H and O–H groups in total. The summed E-state index contributed by atoms with van der Waals surface area (Å²) in [6, 6.07) is 11.6. The minimum absolute atomic E-state index is 0.00160. The molecule has 1 aromatic rings. The molecule has 0 aromatic heterocycles. The molecular weight excluding hydrogens is 394 g/mol. The number of halogens is 1. The summed E-state index contributed by atoms with van der Waals surface area (Å²) in [5.41, 5.74) is 6.43. The highest BCUT2D eigenvalue weighted by molar-refractivity contribution is 9.10. The van der Waals surface area contributed by atoms with Gasteiger partial charge in [0.25, 0.3) is 0 Å². The second kappa shape index (κ2) is 6.97. The van der Waals surface area contributed by atoms with Crippen LogP contribution in [0.15, 0.2) is 51.7 Å². The number of carbonyl (C=O) groups is 1. The van der Waals surface area contributed by atoms with Crippen molar-refractivity contribution in [1.29, 1.82) is 10.5 Å². The number of hydrogen-bond acceptors (Lipinski definition) is 5. The lowest BCUT2D eigenvalue weighted by Crippen LogP contribution is -2.44. The van der Waals surface area contributed by atoms with E-state index in [2.05, 4.69) is 28.1 Å². The molecule has 1 fully saturated rings. The van der Waals surface area contributed by atoms with E-state index in [1.54, 1.807) is 6.92 Å². The zero-order chi connectivity index (χ0) is 18.9. The van der Waals surface area contributed by atoms with Crippen molar-refractivity contribution in [3.8, 4) is 12.1 Å². The second-order valence-electron chi connectivity index (χ2n) is 6.47. The van der Waals surface area contributed by atoms with Crippen LogP contribution < -0.4 is 5.73 Å². The Morgan fingerprint density at radius 2 is 2.00 bits per heavy atom. The van der Waals surface area contributed by atoms with Gasteiger partial charge in [-0.15, -0.1) is 0 Å². The number of nitriles is 2. The molecule has 2 unspecified atom stereocenters. The molecule has 0 amide bonds. The molecule has 6 heteroatoms. The van der Waals surface area contributed by atoms with Gasteiger partial charge in [0.1, 0.15) is 6.07 Å². The number of nitrogens with two attached hydrogens (primary N) is 1. The molecular formula is C20H18BrN3O2. The predicted octanol–water partition coefficient (Wildman–Crippen LogP) is 3.69. The van der Waals surface area contributed by atoms with Crippen molar-refractivity contribution in [3.63, 3.8) is 0 Å². The van der Waals surface area contributed by atoms with E-state index < -0.39 is 17.3 Å². The van der Waals surface area contributed by atoms with Crippen molar-refractivity contribution in [1.82, 2.24) is 0 Å². The van der Waals surface area contributed by atoms with Crippen molar-refractivity contribution in [2.75, 3.05) is 6.61 Å². The number of allylic oxidation sites excluding steroid dienone is 3. The van der Waals surface area contributed by atoms with E-state index >= 15 is 0 Å². The average Bonchev–Trinajstić information content (AvgIpc) is 3.47. The Morgan fingerprint density at radius 3 is 2.50 bits per heavy atom. The summed E-state index contributed by atoms with van der Waals surface area (Å²) >= 11 is 3.40. The minimum atomic E-state index is -1.74. The quantitative estimate of drug-likeness (QED) is 0.761. The third-order valence-electron chi connectivity index (χ3n) is 4.93. The molecule has 0 aliphatic heterocycles. The molecule has 0 heterocycles. The normalized spacial score (nSPS) is 25.1. The summed E-state index contributed by atoms with van der Waals surface area (Å²) in [5, 5.41) is 19.7. The van der Waals surface area contributed by atoms with Crippen LogP contribution in [0, 0.1) is 34.0 Å². The van der Waals surface area contributed by atoms with Gasteiger partial charge in [-0.25, -0.2) is 4.79 Å². The number of nitrogens with zero attached hydrogens (tertiary/aromatic N) is 2. The van der Waals surface area contributed by atoms with E-state index in [4.69, 9.17) is 10.5 Å². The molecule has 0 bridgehead atoms. The lowest BCUT2D eigenvalue weighted by atomic mass is 9.65. The Bertz CT molecular complexity index is 885. The van der Waals surface area contributed by atoms with Crippen molar-refractivity contribution in [2.45, 2.75) is 25.7 Å². The highest BCUT2D eigenvalue weighted by Gasteiger charge is 2.54. The third kappa shape index (κ3) is 2.81. The minimum Gasteiger partial charge on any atom is -0.464 e. The molecule has 26 heavy (non-hydrogen) atoms. The van der Waals surface area contributed by atoms with E-state index in [9.17, 15) is 15.3 Å². The summed E-state index contributed by atoms with van der Waals surface area (Å²) in [4.78, 5) is 12.9. The molecule has 3 rings (SSSR count). The first-order valence-corrected chi connectivity index (χ1v) is 9.25. The monoisotopic (exact) mass is 411 g/mol. The van der Waals surface area contributed by atoms with Crippen LogP contribution in [0.2, 0.25) is 0 Å². The largest absolute Gasteiger partial charge is 0.464 e. The van der Waals surface area contributed by atoms with Crippen LogP contribution in [0.25, 0.3) is 0 Å². The van der Waals surface area contributed by atoms with E-state index in [0.29, 0.717) is 0 Å². The first-order chi connectivity index (χ1) is 12.5. The highest BCUT2D eigenvalue weighted by atomic mass is 79.9. The standard InChI is InChI=1S/C20H18BrN3O2/c1-2-26-19(25)20(11-23)17(13-5-7-14(21)8-6-13)9-15(12-3-4-12)16(10-22)18(20)24/h5-9,12,17H,2-4,24H2,1H3. The molecule has 0 radical (unpaired) electrons. The van der Waals surface area contributed by atoms with Gasteiger partial charge in [-0.3, -0.25) is 0 Å². The van der Waals surface area contributed by atoms with Crippen LogP contribution >= 0.6 is 15.9 Å². The number of hydrogen-bond donors (Lipinski definition) is 1. The van der Waals surface area contributed by atoms with Crippen molar-refractivity contribution in [3.05, 3.63) is 57.2 Å². The first-order valence-electron chi connectivity index (χ1n) is 8.45. The Balaban J connectivity index is 2.24. The summed E-state index contributed by atoms with van der Waals surface area (Å²) in [5.74, 6) is -1.06. The average molecular weight is 412 g/mol. The van der Waals surface area contributed by atoms with Crippen LogP contribution in [-0.2, 0) is 9.53 Å². The van der Waals surface area contributed by atoms with Gasteiger partial charge >= 0.3 is 5.97 Å². The fourth-order valence-corrected chi connectivity index (χ4v) is 3.71. The second-order valence-corrected chi connectivity index (χ2v) is 7.38. The predicted molar refractivity (Wildman–Crippen MR) is 99.2 cm³/mol. The molecule has 2 atom stereocenters. The molecule has 132 valence electrons. The number of esters is 1. The first kappa shape index (κ1) is 18.2. The summed E-state index contributed by atoms with van der Waals surface area (Å²) in [6.07, 6.45) is 3.84. The summed E-state index contributed by atoms with van der Waals surface area (Å²) in [6.45, 7) is 1.81. The van der Waals surface area contributed by atoms with Crippen molar-refractivity contribution >= 4 is 21.9 Å². The fourth-order valence-electron chi connectivity index (χ4n) is 3.44. The molecule has 1 saturated carbocycles. The lowest BCUT2D eigenvalue weighted by Gasteiger charge is -2.36. The molecule has 0 spiro atoms. The summed E-state index contributed by atoms with van der Waals surface area (Å²) in [7, 11) is 0. The molecule has 5 nitrogen and oxygen atoms in total. The lowest BCUT2D eigenvalue weighted by molar-refractivity contribution is -0.150. The number of ether oxygens (including phenoxy) is 1. The smallest absolute Gasteiger partial charge is 0.333 e. The fraction of sp³-hybridized carbons (Fsp3) is 0.350. The number of rotatable bonds is 4. The molecule has 2 aliphatic rings. The molecule has 1 aromatic carbocycles.